The Labute approximate surface area is 166 Å². The number of aryl methyl sites for hydroxylation is 1. The van der Waals surface area contributed by atoms with Crippen LogP contribution in [0.5, 0.6) is 0 Å². The molecule has 7 heteroatoms. The van der Waals surface area contributed by atoms with E-state index in [0.29, 0.717) is 17.3 Å². The molecule has 0 fully saturated rings. The molecule has 0 saturated carbocycles. The fraction of sp³-hybridized carbons (Fsp3) is 0.429. The number of nitrogens with one attached hydrogen (secondary N) is 2. The highest BCUT2D eigenvalue weighted by Crippen LogP contribution is 2.36. The number of thiophene rings is 1. The third-order valence-corrected chi connectivity index (χ3v) is 6.67. The first-order chi connectivity index (χ1) is 13.3. The Morgan fingerprint density at radius 3 is 2.82 bits per heavy atom. The number of nitrogens with zero attached hydrogens (tertiary/aromatic N) is 1. The van der Waals surface area contributed by atoms with Gasteiger partial charge in [0.1, 0.15) is 22.3 Å². The number of rotatable bonds is 4. The normalized spacial score (nSPS) is 18.8. The second-order valence-electron chi connectivity index (χ2n) is 7.76. The number of halogens is 2. The number of aromatic amines is 1. The lowest BCUT2D eigenvalue weighted by Crippen LogP contribution is -2.26. The van der Waals surface area contributed by atoms with Crippen molar-refractivity contribution in [2.45, 2.75) is 52.1 Å². The molecule has 3 unspecified atom stereocenters. The molecule has 1 aliphatic rings. The van der Waals surface area contributed by atoms with Crippen LogP contribution in [0.1, 0.15) is 61.1 Å². The van der Waals surface area contributed by atoms with E-state index in [1.807, 2.05) is 6.92 Å². The van der Waals surface area contributed by atoms with Crippen LogP contribution in [0.2, 0.25) is 0 Å². The Balaban J connectivity index is 1.62. The van der Waals surface area contributed by atoms with Gasteiger partial charge in [0.05, 0.1) is 11.4 Å². The van der Waals surface area contributed by atoms with Crippen molar-refractivity contribution in [3.8, 4) is 0 Å². The predicted molar refractivity (Wildman–Crippen MR) is 108 cm³/mol. The first-order valence-corrected chi connectivity index (χ1v) is 10.4. The maximum atomic E-state index is 14.0. The molecule has 1 aromatic carbocycles. The fourth-order valence-corrected chi connectivity index (χ4v) is 5.36. The summed E-state index contributed by atoms with van der Waals surface area (Å²) in [5, 5.41) is 3.97. The second-order valence-corrected chi connectivity index (χ2v) is 8.84. The van der Waals surface area contributed by atoms with Crippen LogP contribution in [0.15, 0.2) is 23.0 Å². The number of aromatic nitrogens is 2. The maximum Gasteiger partial charge on any atom is 0.259 e. The SMILES string of the molecule is CC1CCc2c(sc3nc(C(C)NC(C)c4ccc(F)cc4F)[nH]c(=O)c23)C1. The van der Waals surface area contributed by atoms with Gasteiger partial charge >= 0.3 is 0 Å². The van der Waals surface area contributed by atoms with Crippen LogP contribution in [0.25, 0.3) is 10.2 Å². The van der Waals surface area contributed by atoms with Gasteiger partial charge in [0, 0.05) is 22.5 Å². The van der Waals surface area contributed by atoms with Crippen LogP contribution in [-0.2, 0) is 12.8 Å². The molecule has 4 rings (SSSR count). The van der Waals surface area contributed by atoms with Gasteiger partial charge in [0.15, 0.2) is 0 Å². The van der Waals surface area contributed by atoms with E-state index >= 15 is 0 Å². The molecule has 4 nitrogen and oxygen atoms in total. The van der Waals surface area contributed by atoms with Crippen molar-refractivity contribution < 1.29 is 8.78 Å². The Hall–Kier alpha value is -2.12. The lowest BCUT2D eigenvalue weighted by molar-refractivity contribution is 0.457. The molecule has 3 atom stereocenters. The Morgan fingerprint density at radius 2 is 2.07 bits per heavy atom. The minimum Gasteiger partial charge on any atom is -0.309 e. The molecule has 28 heavy (non-hydrogen) atoms. The number of fused-ring (bicyclic) bond motifs is 3. The monoisotopic (exact) mass is 403 g/mol. The largest absolute Gasteiger partial charge is 0.309 e. The molecule has 1 aliphatic carbocycles. The van der Waals surface area contributed by atoms with E-state index in [1.165, 1.54) is 17.0 Å². The zero-order valence-corrected chi connectivity index (χ0v) is 16.9. The molecule has 2 heterocycles. The van der Waals surface area contributed by atoms with Gasteiger partial charge in [-0.05, 0) is 50.7 Å². The van der Waals surface area contributed by atoms with Crippen molar-refractivity contribution in [1.29, 1.82) is 0 Å². The molecule has 0 saturated heterocycles. The van der Waals surface area contributed by atoms with E-state index in [9.17, 15) is 13.6 Å². The molecule has 2 N–H and O–H groups in total. The Morgan fingerprint density at radius 1 is 1.29 bits per heavy atom. The third kappa shape index (κ3) is 3.49. The molecule has 0 bridgehead atoms. The van der Waals surface area contributed by atoms with Gasteiger partial charge in [0.2, 0.25) is 0 Å². The molecule has 148 valence electrons. The summed E-state index contributed by atoms with van der Waals surface area (Å²) in [6, 6.07) is 2.89. The summed E-state index contributed by atoms with van der Waals surface area (Å²) < 4.78 is 27.2. The quantitative estimate of drug-likeness (QED) is 0.658. The highest BCUT2D eigenvalue weighted by atomic mass is 32.1. The lowest BCUT2D eigenvalue weighted by atomic mass is 9.89. The first kappa shape index (κ1) is 19.2. The van der Waals surface area contributed by atoms with Crippen LogP contribution in [0.3, 0.4) is 0 Å². The summed E-state index contributed by atoms with van der Waals surface area (Å²) in [6.07, 6.45) is 3.02. The summed E-state index contributed by atoms with van der Waals surface area (Å²) in [4.78, 5) is 22.4. The van der Waals surface area contributed by atoms with Gasteiger partial charge in [-0.2, -0.15) is 0 Å². The van der Waals surface area contributed by atoms with Crippen LogP contribution < -0.4 is 10.9 Å². The number of H-pyrrole nitrogens is 1. The topological polar surface area (TPSA) is 57.8 Å². The smallest absolute Gasteiger partial charge is 0.259 e. The van der Waals surface area contributed by atoms with E-state index in [0.717, 1.165) is 41.1 Å². The molecular weight excluding hydrogens is 380 g/mol. The van der Waals surface area contributed by atoms with Crippen molar-refractivity contribution in [2.24, 2.45) is 5.92 Å². The molecule has 2 aromatic heterocycles. The molecule has 0 spiro atoms. The zero-order valence-electron chi connectivity index (χ0n) is 16.1. The van der Waals surface area contributed by atoms with Crippen molar-refractivity contribution in [2.75, 3.05) is 0 Å². The molecule has 0 radical (unpaired) electrons. The van der Waals surface area contributed by atoms with Crippen LogP contribution in [0, 0.1) is 17.6 Å². The molecular formula is C21H23F2N3OS. The van der Waals surface area contributed by atoms with Crippen molar-refractivity contribution in [3.05, 3.63) is 62.0 Å². The summed E-state index contributed by atoms with van der Waals surface area (Å²) >= 11 is 1.61. The Bertz CT molecular complexity index is 1090. The minimum atomic E-state index is -0.603. The van der Waals surface area contributed by atoms with E-state index < -0.39 is 11.6 Å². The van der Waals surface area contributed by atoms with E-state index in [1.54, 1.807) is 18.3 Å². The fourth-order valence-electron chi connectivity index (χ4n) is 3.97. The van der Waals surface area contributed by atoms with E-state index in [2.05, 4.69) is 17.2 Å². The highest BCUT2D eigenvalue weighted by Gasteiger charge is 2.24. The molecule has 0 aliphatic heterocycles. The van der Waals surface area contributed by atoms with Crippen molar-refractivity contribution in [3.63, 3.8) is 0 Å². The average molecular weight is 403 g/mol. The van der Waals surface area contributed by atoms with Gasteiger partial charge in [-0.15, -0.1) is 11.3 Å². The van der Waals surface area contributed by atoms with Gasteiger partial charge in [0.25, 0.3) is 5.56 Å². The van der Waals surface area contributed by atoms with Gasteiger partial charge in [-0.3, -0.25) is 4.79 Å². The van der Waals surface area contributed by atoms with Gasteiger partial charge < -0.3 is 10.3 Å². The van der Waals surface area contributed by atoms with Crippen molar-refractivity contribution >= 4 is 21.6 Å². The standard InChI is InChI=1S/C21H23F2N3OS/c1-10-4-6-15-17(8-10)28-21-18(15)20(27)25-19(26-21)12(3)24-11(2)14-7-5-13(22)9-16(14)23/h5,7,9-12,24H,4,6,8H2,1-3H3,(H,25,26,27). The molecule has 0 amide bonds. The lowest BCUT2D eigenvalue weighted by Gasteiger charge is -2.20. The van der Waals surface area contributed by atoms with Gasteiger partial charge in [-0.1, -0.05) is 13.0 Å². The number of benzene rings is 1. The summed E-state index contributed by atoms with van der Waals surface area (Å²) in [5.74, 6) is -0.0391. The van der Waals surface area contributed by atoms with Crippen LogP contribution in [0.4, 0.5) is 8.78 Å². The van der Waals surface area contributed by atoms with Crippen LogP contribution in [-0.4, -0.2) is 9.97 Å². The third-order valence-electron chi connectivity index (χ3n) is 5.52. The minimum absolute atomic E-state index is 0.110. The summed E-state index contributed by atoms with van der Waals surface area (Å²) in [7, 11) is 0. The van der Waals surface area contributed by atoms with Crippen molar-refractivity contribution in [1.82, 2.24) is 15.3 Å². The summed E-state index contributed by atoms with van der Waals surface area (Å²) in [6.45, 7) is 5.91. The second kappa shape index (κ2) is 7.37. The zero-order chi connectivity index (χ0) is 20.0. The molecule has 3 aromatic rings. The number of hydrogen-bond donors (Lipinski definition) is 2. The highest BCUT2D eigenvalue weighted by molar-refractivity contribution is 7.18. The predicted octanol–water partition coefficient (Wildman–Crippen LogP) is 4.80. The van der Waals surface area contributed by atoms with Gasteiger partial charge in [-0.25, -0.2) is 13.8 Å². The van der Waals surface area contributed by atoms with E-state index in [4.69, 9.17) is 4.98 Å². The average Bonchev–Trinajstić information content (AvgIpc) is 2.99. The first-order valence-electron chi connectivity index (χ1n) is 9.59. The summed E-state index contributed by atoms with van der Waals surface area (Å²) in [5.41, 5.74) is 1.42. The van der Waals surface area contributed by atoms with Crippen LogP contribution >= 0.6 is 11.3 Å². The maximum absolute atomic E-state index is 14.0. The Kier molecular flexibility index (Phi) is 5.05. The van der Waals surface area contributed by atoms with E-state index in [-0.39, 0.29) is 17.6 Å². The number of hydrogen-bond acceptors (Lipinski definition) is 4.